The summed E-state index contributed by atoms with van der Waals surface area (Å²) in [5, 5.41) is 13.7. The Bertz CT molecular complexity index is 230. The Morgan fingerprint density at radius 1 is 1.57 bits per heavy atom. The van der Waals surface area contributed by atoms with Gasteiger partial charge in [-0.3, -0.25) is 4.99 Å². The summed E-state index contributed by atoms with van der Waals surface area (Å²) in [7, 11) is 0. The summed E-state index contributed by atoms with van der Waals surface area (Å²) in [6.07, 6.45) is 4.90. The van der Waals surface area contributed by atoms with Crippen LogP contribution in [0, 0.1) is 0 Å². The molecule has 1 fully saturated rings. The molecule has 0 spiro atoms. The fourth-order valence-corrected chi connectivity index (χ4v) is 2.90. The highest BCUT2D eigenvalue weighted by molar-refractivity contribution is 8.13. The van der Waals surface area contributed by atoms with E-state index in [0.717, 1.165) is 10.9 Å². The Hall–Kier alpha value is -0.220. The lowest BCUT2D eigenvalue weighted by Crippen LogP contribution is -2.36. The molecule has 0 aromatic heterocycles. The first-order valence-corrected chi connectivity index (χ1v) is 6.39. The number of nitrogens with one attached hydrogen (secondary N) is 1. The third-order valence-electron chi connectivity index (χ3n) is 2.78. The number of rotatable bonds is 2. The van der Waals surface area contributed by atoms with E-state index in [4.69, 9.17) is 5.11 Å². The van der Waals surface area contributed by atoms with Crippen molar-refractivity contribution in [3.8, 4) is 0 Å². The molecule has 1 saturated carbocycles. The van der Waals surface area contributed by atoms with Gasteiger partial charge in [0.1, 0.15) is 0 Å². The number of amidine groups is 1. The molecule has 1 aliphatic heterocycles. The van der Waals surface area contributed by atoms with Crippen LogP contribution in [0.15, 0.2) is 4.99 Å². The molecule has 3 unspecified atom stereocenters. The highest BCUT2D eigenvalue weighted by atomic mass is 32.2. The lowest BCUT2D eigenvalue weighted by Gasteiger charge is -2.23. The van der Waals surface area contributed by atoms with Gasteiger partial charge in [0.25, 0.3) is 0 Å². The van der Waals surface area contributed by atoms with Crippen LogP contribution in [0.25, 0.3) is 0 Å². The molecule has 0 aromatic rings. The van der Waals surface area contributed by atoms with Gasteiger partial charge in [0.2, 0.25) is 0 Å². The summed E-state index contributed by atoms with van der Waals surface area (Å²) >= 11 is 1.65. The maximum atomic E-state index is 9.17. The van der Waals surface area contributed by atoms with Gasteiger partial charge in [-0.2, -0.15) is 0 Å². The monoisotopic (exact) mass is 214 g/mol. The van der Waals surface area contributed by atoms with E-state index < -0.39 is 0 Å². The summed E-state index contributed by atoms with van der Waals surface area (Å²) in [4.78, 5) is 4.64. The third-order valence-corrected chi connectivity index (χ3v) is 3.93. The molecule has 3 nitrogen and oxygen atoms in total. The molecule has 80 valence electrons. The number of aliphatic hydroxyl groups excluding tert-OH is 1. The van der Waals surface area contributed by atoms with E-state index in [1.165, 1.54) is 25.7 Å². The molecule has 0 radical (unpaired) electrons. The first kappa shape index (κ1) is 10.3. The molecule has 0 amide bonds. The van der Waals surface area contributed by atoms with Crippen LogP contribution in [0.1, 0.15) is 32.6 Å². The lowest BCUT2D eigenvalue weighted by atomic mass is 9.92. The summed E-state index contributed by atoms with van der Waals surface area (Å²) < 4.78 is 0. The van der Waals surface area contributed by atoms with Crippen molar-refractivity contribution in [2.24, 2.45) is 4.99 Å². The van der Waals surface area contributed by atoms with E-state index in [9.17, 15) is 0 Å². The van der Waals surface area contributed by atoms with Gasteiger partial charge in [0, 0.05) is 5.75 Å². The van der Waals surface area contributed by atoms with Crippen molar-refractivity contribution in [1.82, 2.24) is 5.32 Å². The third kappa shape index (κ3) is 2.42. The molecule has 0 bridgehead atoms. The van der Waals surface area contributed by atoms with Crippen LogP contribution in [0.3, 0.4) is 0 Å². The summed E-state index contributed by atoms with van der Waals surface area (Å²) in [5.74, 6) is 0.741. The molecule has 1 aliphatic carbocycles. The fraction of sp³-hybridized carbons (Fsp3) is 0.900. The predicted octanol–water partition coefficient (Wildman–Crippen LogP) is 1.37. The number of thioether (sulfide) groups is 1. The lowest BCUT2D eigenvalue weighted by molar-refractivity contribution is 0.220. The van der Waals surface area contributed by atoms with E-state index in [1.54, 1.807) is 11.8 Å². The standard InChI is InChI=1S/C10H18N2OS/c1-7(13)6-14-10-11-8-4-2-3-5-9(8)12-10/h7-9,13H,2-6H2,1H3,(H,11,12). The van der Waals surface area contributed by atoms with Gasteiger partial charge < -0.3 is 10.4 Å². The molecule has 2 aliphatic rings. The van der Waals surface area contributed by atoms with Gasteiger partial charge in [-0.25, -0.2) is 0 Å². The number of aliphatic hydroxyl groups is 1. The molecule has 3 atom stereocenters. The van der Waals surface area contributed by atoms with Crippen LogP contribution < -0.4 is 5.32 Å². The van der Waals surface area contributed by atoms with E-state index in [1.807, 2.05) is 6.92 Å². The summed E-state index contributed by atoms with van der Waals surface area (Å²) in [6, 6.07) is 1.10. The minimum atomic E-state index is -0.243. The Balaban J connectivity index is 1.83. The average Bonchev–Trinajstić information content (AvgIpc) is 2.57. The van der Waals surface area contributed by atoms with Crippen molar-refractivity contribution in [3.63, 3.8) is 0 Å². The Morgan fingerprint density at radius 3 is 3.07 bits per heavy atom. The number of nitrogens with zero attached hydrogens (tertiary/aromatic N) is 1. The number of hydrogen-bond acceptors (Lipinski definition) is 4. The van der Waals surface area contributed by atoms with Crippen LogP contribution in [0.4, 0.5) is 0 Å². The van der Waals surface area contributed by atoms with Gasteiger partial charge in [0.05, 0.1) is 18.2 Å². The van der Waals surface area contributed by atoms with Crippen LogP contribution in [-0.4, -0.2) is 34.2 Å². The molecule has 2 N–H and O–H groups in total. The van der Waals surface area contributed by atoms with E-state index in [2.05, 4.69) is 10.3 Å². The maximum absolute atomic E-state index is 9.17. The number of fused-ring (bicyclic) bond motifs is 1. The highest BCUT2D eigenvalue weighted by Crippen LogP contribution is 2.26. The van der Waals surface area contributed by atoms with E-state index >= 15 is 0 Å². The van der Waals surface area contributed by atoms with Crippen molar-refractivity contribution in [2.75, 3.05) is 5.75 Å². The van der Waals surface area contributed by atoms with E-state index in [-0.39, 0.29) is 6.10 Å². The molecule has 0 saturated heterocycles. The second-order valence-electron chi connectivity index (χ2n) is 4.20. The normalized spacial score (nSPS) is 33.1. The van der Waals surface area contributed by atoms with Crippen molar-refractivity contribution in [1.29, 1.82) is 0 Å². The zero-order chi connectivity index (χ0) is 9.97. The minimum Gasteiger partial charge on any atom is -0.393 e. The first-order valence-electron chi connectivity index (χ1n) is 5.41. The topological polar surface area (TPSA) is 44.6 Å². The van der Waals surface area contributed by atoms with Crippen molar-refractivity contribution in [2.45, 2.75) is 50.8 Å². The molecule has 0 aromatic carbocycles. The predicted molar refractivity (Wildman–Crippen MR) is 60.8 cm³/mol. The van der Waals surface area contributed by atoms with Crippen molar-refractivity contribution >= 4 is 16.9 Å². The molecule has 1 heterocycles. The van der Waals surface area contributed by atoms with E-state index in [0.29, 0.717) is 12.1 Å². The Kier molecular flexibility index (Phi) is 3.34. The second kappa shape index (κ2) is 4.53. The van der Waals surface area contributed by atoms with Crippen molar-refractivity contribution in [3.05, 3.63) is 0 Å². The minimum absolute atomic E-state index is 0.243. The highest BCUT2D eigenvalue weighted by Gasteiger charge is 2.30. The van der Waals surface area contributed by atoms with Crippen LogP contribution in [0.2, 0.25) is 0 Å². The van der Waals surface area contributed by atoms with Crippen LogP contribution in [0.5, 0.6) is 0 Å². The molecule has 2 rings (SSSR count). The zero-order valence-corrected chi connectivity index (χ0v) is 9.39. The first-order chi connectivity index (χ1) is 6.75. The Morgan fingerprint density at radius 2 is 2.36 bits per heavy atom. The summed E-state index contributed by atoms with van der Waals surface area (Å²) in [5.41, 5.74) is 0. The largest absolute Gasteiger partial charge is 0.393 e. The number of aliphatic imine (C=N–C) groups is 1. The molecular weight excluding hydrogens is 196 g/mol. The van der Waals surface area contributed by atoms with Crippen LogP contribution >= 0.6 is 11.8 Å². The van der Waals surface area contributed by atoms with Gasteiger partial charge in [-0.15, -0.1) is 0 Å². The van der Waals surface area contributed by atoms with Gasteiger partial charge >= 0.3 is 0 Å². The van der Waals surface area contributed by atoms with Crippen LogP contribution in [-0.2, 0) is 0 Å². The van der Waals surface area contributed by atoms with Crippen molar-refractivity contribution < 1.29 is 5.11 Å². The summed E-state index contributed by atoms with van der Waals surface area (Å²) in [6.45, 7) is 1.82. The molecule has 4 heteroatoms. The quantitative estimate of drug-likeness (QED) is 0.730. The molecular formula is C10H18N2OS. The fourth-order valence-electron chi connectivity index (χ4n) is 2.06. The number of hydrogen-bond donors (Lipinski definition) is 2. The smallest absolute Gasteiger partial charge is 0.157 e. The van der Waals surface area contributed by atoms with Gasteiger partial charge in [-0.05, 0) is 19.8 Å². The Labute approximate surface area is 89.4 Å². The average molecular weight is 214 g/mol. The second-order valence-corrected chi connectivity index (χ2v) is 5.21. The van der Waals surface area contributed by atoms with Gasteiger partial charge in [-0.1, -0.05) is 24.6 Å². The maximum Gasteiger partial charge on any atom is 0.157 e. The SMILES string of the molecule is CC(O)CSC1=NC2CCCCC2N1. The van der Waals surface area contributed by atoms with Gasteiger partial charge in [0.15, 0.2) is 5.17 Å². The molecule has 14 heavy (non-hydrogen) atoms. The zero-order valence-electron chi connectivity index (χ0n) is 8.57.